The van der Waals surface area contributed by atoms with Crippen LogP contribution in [0.25, 0.3) is 10.2 Å². The Morgan fingerprint density at radius 2 is 2.05 bits per heavy atom. The van der Waals surface area contributed by atoms with E-state index in [4.69, 9.17) is 9.72 Å². The summed E-state index contributed by atoms with van der Waals surface area (Å²) in [5.41, 5.74) is 1.05. The van der Waals surface area contributed by atoms with Gasteiger partial charge < -0.3 is 14.5 Å². The summed E-state index contributed by atoms with van der Waals surface area (Å²) in [6.45, 7) is 4.50. The molecule has 0 radical (unpaired) electrons. The van der Waals surface area contributed by atoms with Gasteiger partial charge in [-0.05, 0) is 18.6 Å². The van der Waals surface area contributed by atoms with E-state index in [2.05, 4.69) is 11.0 Å². The summed E-state index contributed by atoms with van der Waals surface area (Å²) in [6.07, 6.45) is 0.923. The van der Waals surface area contributed by atoms with E-state index in [1.807, 2.05) is 23.1 Å². The Morgan fingerprint density at radius 3 is 2.86 bits per heavy atom. The second-order valence-corrected chi connectivity index (χ2v) is 6.84. The van der Waals surface area contributed by atoms with Crippen molar-refractivity contribution in [1.29, 1.82) is 0 Å². The first-order chi connectivity index (χ1) is 10.8. The molecule has 1 unspecified atom stereocenters. The summed E-state index contributed by atoms with van der Waals surface area (Å²) in [5, 5.41) is 1.04. The maximum atomic E-state index is 12.6. The summed E-state index contributed by atoms with van der Waals surface area (Å²) in [6, 6.07) is 8.20. The van der Waals surface area contributed by atoms with Crippen molar-refractivity contribution in [3.63, 3.8) is 0 Å². The first-order valence-electron chi connectivity index (χ1n) is 7.78. The van der Waals surface area contributed by atoms with Gasteiger partial charge >= 0.3 is 0 Å². The van der Waals surface area contributed by atoms with Gasteiger partial charge in [0.05, 0.1) is 29.3 Å². The average Bonchev–Trinajstić information content (AvgIpc) is 3.21. The Labute approximate surface area is 133 Å². The third-order valence-electron chi connectivity index (χ3n) is 4.41. The first-order valence-corrected chi connectivity index (χ1v) is 8.60. The minimum Gasteiger partial charge on any atom is -0.378 e. The summed E-state index contributed by atoms with van der Waals surface area (Å²) in [7, 11) is 0. The molecule has 2 saturated heterocycles. The highest BCUT2D eigenvalue weighted by molar-refractivity contribution is 7.22. The lowest BCUT2D eigenvalue weighted by atomic mass is 10.1. The molecule has 2 aliphatic heterocycles. The van der Waals surface area contributed by atoms with Gasteiger partial charge in [0.25, 0.3) is 0 Å². The number of aromatic nitrogens is 1. The van der Waals surface area contributed by atoms with Crippen LogP contribution >= 0.6 is 11.3 Å². The molecule has 0 aliphatic carbocycles. The summed E-state index contributed by atoms with van der Waals surface area (Å²) in [4.78, 5) is 21.5. The molecule has 0 saturated carbocycles. The Balaban J connectivity index is 1.46. The molecule has 2 fully saturated rings. The van der Waals surface area contributed by atoms with E-state index in [0.717, 1.165) is 43.2 Å². The topological polar surface area (TPSA) is 45.7 Å². The zero-order valence-electron chi connectivity index (χ0n) is 12.4. The van der Waals surface area contributed by atoms with E-state index in [0.29, 0.717) is 13.2 Å². The van der Waals surface area contributed by atoms with Crippen molar-refractivity contribution >= 4 is 32.6 Å². The number of carbonyl (C=O) groups is 1. The fourth-order valence-electron chi connectivity index (χ4n) is 3.17. The number of amides is 1. The maximum Gasteiger partial charge on any atom is 0.227 e. The molecule has 0 spiro atoms. The molecule has 2 aliphatic rings. The van der Waals surface area contributed by atoms with Crippen LogP contribution in [0.5, 0.6) is 0 Å². The molecule has 22 heavy (non-hydrogen) atoms. The van der Waals surface area contributed by atoms with Gasteiger partial charge in [0, 0.05) is 26.2 Å². The summed E-state index contributed by atoms with van der Waals surface area (Å²) >= 11 is 1.71. The zero-order valence-corrected chi connectivity index (χ0v) is 13.2. The minimum atomic E-state index is 0.102. The number of nitrogens with zero attached hydrogens (tertiary/aromatic N) is 3. The second-order valence-electron chi connectivity index (χ2n) is 5.83. The lowest BCUT2D eigenvalue weighted by Gasteiger charge is -2.29. The molecular formula is C16H19N3O2S. The molecule has 5 nitrogen and oxygen atoms in total. The number of hydrogen-bond acceptors (Lipinski definition) is 5. The number of carbonyl (C=O) groups excluding carboxylic acids is 1. The van der Waals surface area contributed by atoms with Crippen molar-refractivity contribution in [2.45, 2.75) is 6.42 Å². The van der Waals surface area contributed by atoms with Crippen LogP contribution in [-0.2, 0) is 9.53 Å². The van der Waals surface area contributed by atoms with Gasteiger partial charge in [0.2, 0.25) is 5.91 Å². The van der Waals surface area contributed by atoms with E-state index in [1.165, 1.54) is 4.70 Å². The number of anilines is 1. The van der Waals surface area contributed by atoms with Crippen LogP contribution in [0.4, 0.5) is 5.13 Å². The van der Waals surface area contributed by atoms with E-state index in [9.17, 15) is 4.79 Å². The number of morpholine rings is 1. The van der Waals surface area contributed by atoms with Crippen LogP contribution in [0, 0.1) is 5.92 Å². The SMILES string of the molecule is O=C(C1CCN(c2nc3ccccc3s2)C1)N1CCOCC1. The van der Waals surface area contributed by atoms with Gasteiger partial charge in [-0.25, -0.2) is 4.98 Å². The van der Waals surface area contributed by atoms with Gasteiger partial charge in [-0.15, -0.1) is 0 Å². The number of thiazole rings is 1. The number of para-hydroxylation sites is 1. The molecule has 4 rings (SSSR count). The van der Waals surface area contributed by atoms with Gasteiger partial charge in [-0.2, -0.15) is 0 Å². The third kappa shape index (κ3) is 2.57. The van der Waals surface area contributed by atoms with Crippen LogP contribution in [0.1, 0.15) is 6.42 Å². The molecule has 6 heteroatoms. The van der Waals surface area contributed by atoms with E-state index >= 15 is 0 Å². The van der Waals surface area contributed by atoms with Crippen LogP contribution in [0.15, 0.2) is 24.3 Å². The Kier molecular flexibility index (Phi) is 3.72. The molecule has 116 valence electrons. The first kappa shape index (κ1) is 14.0. The number of hydrogen-bond donors (Lipinski definition) is 0. The number of fused-ring (bicyclic) bond motifs is 1. The normalized spacial score (nSPS) is 22.5. The van der Waals surface area contributed by atoms with Crippen molar-refractivity contribution in [3.05, 3.63) is 24.3 Å². The molecule has 1 atom stereocenters. The number of rotatable bonds is 2. The number of benzene rings is 1. The fourth-order valence-corrected chi connectivity index (χ4v) is 4.17. The van der Waals surface area contributed by atoms with Crippen LogP contribution in [0.2, 0.25) is 0 Å². The molecule has 1 aromatic heterocycles. The van der Waals surface area contributed by atoms with Crippen LogP contribution < -0.4 is 4.90 Å². The molecule has 3 heterocycles. The predicted octanol–water partition coefficient (Wildman–Crippen LogP) is 1.98. The number of ether oxygens (including phenoxy) is 1. The quantitative estimate of drug-likeness (QED) is 0.850. The highest BCUT2D eigenvalue weighted by Gasteiger charge is 2.33. The third-order valence-corrected chi connectivity index (χ3v) is 5.51. The van der Waals surface area contributed by atoms with E-state index in [-0.39, 0.29) is 11.8 Å². The fraction of sp³-hybridized carbons (Fsp3) is 0.500. The van der Waals surface area contributed by atoms with Gasteiger partial charge in [0.15, 0.2) is 5.13 Å². The predicted molar refractivity (Wildman–Crippen MR) is 87.3 cm³/mol. The van der Waals surface area contributed by atoms with E-state index in [1.54, 1.807) is 11.3 Å². The molecule has 1 aromatic carbocycles. The molecule has 2 aromatic rings. The lowest BCUT2D eigenvalue weighted by molar-refractivity contribution is -0.138. The van der Waals surface area contributed by atoms with Crippen molar-refractivity contribution in [3.8, 4) is 0 Å². The maximum absolute atomic E-state index is 12.6. The summed E-state index contributed by atoms with van der Waals surface area (Å²) < 4.78 is 6.53. The van der Waals surface area contributed by atoms with Crippen LogP contribution in [-0.4, -0.2) is 55.2 Å². The van der Waals surface area contributed by atoms with Crippen molar-refractivity contribution < 1.29 is 9.53 Å². The van der Waals surface area contributed by atoms with Gasteiger partial charge in [-0.3, -0.25) is 4.79 Å². The molecule has 0 N–H and O–H groups in total. The zero-order chi connectivity index (χ0) is 14.9. The Bertz CT molecular complexity index is 648. The summed E-state index contributed by atoms with van der Waals surface area (Å²) in [5.74, 6) is 0.386. The average molecular weight is 317 g/mol. The van der Waals surface area contributed by atoms with Crippen molar-refractivity contribution in [1.82, 2.24) is 9.88 Å². The Morgan fingerprint density at radius 1 is 1.23 bits per heavy atom. The van der Waals surface area contributed by atoms with Gasteiger partial charge in [-0.1, -0.05) is 23.5 Å². The highest BCUT2D eigenvalue weighted by atomic mass is 32.1. The largest absolute Gasteiger partial charge is 0.378 e. The highest BCUT2D eigenvalue weighted by Crippen LogP contribution is 2.32. The van der Waals surface area contributed by atoms with Crippen molar-refractivity contribution in [2.24, 2.45) is 5.92 Å². The molecule has 1 amide bonds. The van der Waals surface area contributed by atoms with E-state index < -0.39 is 0 Å². The minimum absolute atomic E-state index is 0.102. The lowest BCUT2D eigenvalue weighted by Crippen LogP contribution is -2.44. The van der Waals surface area contributed by atoms with Crippen LogP contribution in [0.3, 0.4) is 0 Å². The van der Waals surface area contributed by atoms with Crippen molar-refractivity contribution in [2.75, 3.05) is 44.3 Å². The monoisotopic (exact) mass is 317 g/mol. The molecule has 0 bridgehead atoms. The van der Waals surface area contributed by atoms with Gasteiger partial charge in [0.1, 0.15) is 0 Å². The smallest absolute Gasteiger partial charge is 0.227 e. The molecular weight excluding hydrogens is 298 g/mol. The standard InChI is InChI=1S/C16H19N3O2S/c20-15(18-7-9-21-10-8-18)12-5-6-19(11-12)16-17-13-3-1-2-4-14(13)22-16/h1-4,12H,5-11H2. The Hall–Kier alpha value is -1.66. The second kappa shape index (κ2) is 5.85.